The molecule has 0 radical (unpaired) electrons. The average molecular weight is 319 g/mol. The molecule has 0 aliphatic rings. The second-order valence-corrected chi connectivity index (χ2v) is 5.04. The molecule has 0 bridgehead atoms. The maximum absolute atomic E-state index is 11.9. The number of hydrogen-bond acceptors (Lipinski definition) is 4. The van der Waals surface area contributed by atoms with Gasteiger partial charge in [-0.25, -0.2) is 4.79 Å². The third-order valence-corrected chi connectivity index (χ3v) is 3.23. The van der Waals surface area contributed by atoms with Crippen LogP contribution in [-0.2, 0) is 22.5 Å². The number of carbonyl (C=O) groups is 2. The van der Waals surface area contributed by atoms with Crippen molar-refractivity contribution in [3.63, 3.8) is 0 Å². The van der Waals surface area contributed by atoms with Gasteiger partial charge >= 0.3 is 5.97 Å². The van der Waals surface area contributed by atoms with Crippen molar-refractivity contribution >= 4 is 23.5 Å². The van der Waals surface area contributed by atoms with E-state index in [4.69, 9.17) is 11.6 Å². The van der Waals surface area contributed by atoms with Crippen LogP contribution in [0.25, 0.3) is 0 Å². The minimum absolute atomic E-state index is 0.132. The van der Waals surface area contributed by atoms with E-state index in [1.807, 2.05) is 0 Å². The molecule has 22 heavy (non-hydrogen) atoms. The van der Waals surface area contributed by atoms with Gasteiger partial charge in [-0.1, -0.05) is 23.7 Å². The maximum Gasteiger partial charge on any atom is 0.337 e. The van der Waals surface area contributed by atoms with E-state index in [-0.39, 0.29) is 18.9 Å². The minimum atomic E-state index is -0.434. The quantitative estimate of drug-likeness (QED) is 0.859. The Labute approximate surface area is 133 Å². The zero-order valence-corrected chi connectivity index (χ0v) is 12.8. The standard InChI is InChI=1S/C16H15ClN2O3/c1-22-16(21)12-6-7-18-14(9-12)10-19-15(20)8-11-2-4-13(17)5-3-11/h2-7,9H,8,10H2,1H3,(H,19,20). The van der Waals surface area contributed by atoms with Crippen molar-refractivity contribution in [3.05, 3.63) is 64.4 Å². The predicted octanol–water partition coefficient (Wildman–Crippen LogP) is 2.38. The number of aromatic nitrogens is 1. The van der Waals surface area contributed by atoms with Gasteiger partial charge in [0.25, 0.3) is 0 Å². The van der Waals surface area contributed by atoms with Gasteiger partial charge in [0.1, 0.15) is 0 Å². The zero-order chi connectivity index (χ0) is 15.9. The number of amides is 1. The lowest BCUT2D eigenvalue weighted by molar-refractivity contribution is -0.120. The van der Waals surface area contributed by atoms with Gasteiger partial charge in [-0.2, -0.15) is 0 Å². The van der Waals surface area contributed by atoms with E-state index < -0.39 is 5.97 Å². The Morgan fingerprint density at radius 3 is 2.64 bits per heavy atom. The monoisotopic (exact) mass is 318 g/mol. The van der Waals surface area contributed by atoms with Gasteiger partial charge in [-0.15, -0.1) is 0 Å². The Bertz CT molecular complexity index is 671. The second-order valence-electron chi connectivity index (χ2n) is 4.61. The summed E-state index contributed by atoms with van der Waals surface area (Å²) in [6.45, 7) is 0.247. The molecule has 6 heteroatoms. The molecule has 0 saturated heterocycles. The van der Waals surface area contributed by atoms with Gasteiger partial charge in [0.05, 0.1) is 31.3 Å². The molecule has 0 atom stereocenters. The molecule has 1 amide bonds. The molecule has 114 valence electrons. The minimum Gasteiger partial charge on any atom is -0.465 e. The van der Waals surface area contributed by atoms with Gasteiger partial charge in [-0.3, -0.25) is 9.78 Å². The lowest BCUT2D eigenvalue weighted by Gasteiger charge is -2.06. The number of ether oxygens (including phenoxy) is 1. The molecule has 0 saturated carbocycles. The Kier molecular flexibility index (Phi) is 5.49. The number of methoxy groups -OCH3 is 1. The molecule has 1 aromatic heterocycles. The van der Waals surface area contributed by atoms with Gasteiger partial charge in [-0.05, 0) is 29.8 Å². The predicted molar refractivity (Wildman–Crippen MR) is 82.6 cm³/mol. The summed E-state index contributed by atoms with van der Waals surface area (Å²) in [5.74, 6) is -0.566. The van der Waals surface area contributed by atoms with E-state index >= 15 is 0 Å². The fourth-order valence-corrected chi connectivity index (χ4v) is 1.98. The van der Waals surface area contributed by atoms with Crippen LogP contribution < -0.4 is 5.32 Å². The van der Waals surface area contributed by atoms with E-state index in [2.05, 4.69) is 15.0 Å². The number of hydrogen-bond donors (Lipinski definition) is 1. The van der Waals surface area contributed by atoms with E-state index in [0.29, 0.717) is 16.3 Å². The molecule has 1 aromatic carbocycles. The highest BCUT2D eigenvalue weighted by Gasteiger charge is 2.08. The number of carbonyl (C=O) groups excluding carboxylic acids is 2. The molecule has 0 unspecified atom stereocenters. The molecule has 0 fully saturated rings. The first-order valence-electron chi connectivity index (χ1n) is 6.63. The van der Waals surface area contributed by atoms with E-state index in [1.165, 1.54) is 13.3 Å². The number of nitrogens with one attached hydrogen (secondary N) is 1. The fourth-order valence-electron chi connectivity index (χ4n) is 1.86. The molecule has 1 heterocycles. The SMILES string of the molecule is COC(=O)c1ccnc(CNC(=O)Cc2ccc(Cl)cc2)c1. The van der Waals surface area contributed by atoms with Crippen molar-refractivity contribution in [3.8, 4) is 0 Å². The van der Waals surface area contributed by atoms with Gasteiger partial charge in [0.2, 0.25) is 5.91 Å². The highest BCUT2D eigenvalue weighted by atomic mass is 35.5. The van der Waals surface area contributed by atoms with Crippen molar-refractivity contribution in [1.29, 1.82) is 0 Å². The fraction of sp³-hybridized carbons (Fsp3) is 0.188. The maximum atomic E-state index is 11.9. The Morgan fingerprint density at radius 2 is 1.95 bits per heavy atom. The van der Waals surface area contributed by atoms with Crippen molar-refractivity contribution in [1.82, 2.24) is 10.3 Å². The number of rotatable bonds is 5. The first-order chi connectivity index (χ1) is 10.6. The highest BCUT2D eigenvalue weighted by Crippen LogP contribution is 2.10. The van der Waals surface area contributed by atoms with Crippen molar-refractivity contribution < 1.29 is 14.3 Å². The number of esters is 1. The van der Waals surface area contributed by atoms with Crippen LogP contribution in [0.2, 0.25) is 5.02 Å². The molecule has 0 aliphatic heterocycles. The molecule has 2 aromatic rings. The summed E-state index contributed by atoms with van der Waals surface area (Å²) in [7, 11) is 1.32. The normalized spacial score (nSPS) is 10.1. The smallest absolute Gasteiger partial charge is 0.337 e. The molecule has 0 spiro atoms. The van der Waals surface area contributed by atoms with E-state index in [1.54, 1.807) is 36.4 Å². The van der Waals surface area contributed by atoms with Crippen LogP contribution in [-0.4, -0.2) is 24.0 Å². The van der Waals surface area contributed by atoms with Crippen LogP contribution in [0.3, 0.4) is 0 Å². The third-order valence-electron chi connectivity index (χ3n) is 2.98. The van der Waals surface area contributed by atoms with Crippen LogP contribution in [0, 0.1) is 0 Å². The molecular formula is C16H15ClN2O3. The topological polar surface area (TPSA) is 68.3 Å². The molecular weight excluding hydrogens is 304 g/mol. The number of halogens is 1. The summed E-state index contributed by atoms with van der Waals surface area (Å²) in [6.07, 6.45) is 1.76. The zero-order valence-electron chi connectivity index (χ0n) is 12.0. The summed E-state index contributed by atoms with van der Waals surface area (Å²) in [5, 5.41) is 3.39. The van der Waals surface area contributed by atoms with Crippen molar-refractivity contribution in [2.75, 3.05) is 7.11 Å². The van der Waals surface area contributed by atoms with Gasteiger partial charge in [0.15, 0.2) is 0 Å². The number of benzene rings is 1. The van der Waals surface area contributed by atoms with E-state index in [0.717, 1.165) is 5.56 Å². The summed E-state index contributed by atoms with van der Waals surface area (Å²) < 4.78 is 4.64. The van der Waals surface area contributed by atoms with Crippen molar-refractivity contribution in [2.24, 2.45) is 0 Å². The summed E-state index contributed by atoms with van der Waals surface area (Å²) in [4.78, 5) is 27.4. The lowest BCUT2D eigenvalue weighted by Crippen LogP contribution is -2.25. The Balaban J connectivity index is 1.91. The third kappa shape index (κ3) is 4.56. The Hall–Kier alpha value is -2.40. The summed E-state index contributed by atoms with van der Waals surface area (Å²) in [6, 6.07) is 10.2. The van der Waals surface area contributed by atoms with Crippen LogP contribution in [0.4, 0.5) is 0 Å². The van der Waals surface area contributed by atoms with Crippen LogP contribution in [0.5, 0.6) is 0 Å². The van der Waals surface area contributed by atoms with E-state index in [9.17, 15) is 9.59 Å². The lowest BCUT2D eigenvalue weighted by atomic mass is 10.1. The Morgan fingerprint density at radius 1 is 1.23 bits per heavy atom. The number of pyridine rings is 1. The second kappa shape index (κ2) is 7.56. The first kappa shape index (κ1) is 16.0. The highest BCUT2D eigenvalue weighted by molar-refractivity contribution is 6.30. The first-order valence-corrected chi connectivity index (χ1v) is 7.00. The number of nitrogens with zero attached hydrogens (tertiary/aromatic N) is 1. The van der Waals surface area contributed by atoms with Crippen LogP contribution in [0.1, 0.15) is 21.6 Å². The summed E-state index contributed by atoms with van der Waals surface area (Å²) in [5.41, 5.74) is 1.87. The largest absolute Gasteiger partial charge is 0.465 e. The molecule has 1 N–H and O–H groups in total. The molecule has 5 nitrogen and oxygen atoms in total. The summed E-state index contributed by atoms with van der Waals surface area (Å²) >= 11 is 5.80. The van der Waals surface area contributed by atoms with Crippen LogP contribution >= 0.6 is 11.6 Å². The average Bonchev–Trinajstić information content (AvgIpc) is 2.54. The molecule has 2 rings (SSSR count). The van der Waals surface area contributed by atoms with Crippen LogP contribution in [0.15, 0.2) is 42.6 Å². The van der Waals surface area contributed by atoms with Gasteiger partial charge < -0.3 is 10.1 Å². The van der Waals surface area contributed by atoms with Crippen molar-refractivity contribution in [2.45, 2.75) is 13.0 Å². The van der Waals surface area contributed by atoms with Gasteiger partial charge in [0, 0.05) is 11.2 Å². The molecule has 0 aliphatic carbocycles.